The van der Waals surface area contributed by atoms with Crippen molar-refractivity contribution in [2.75, 3.05) is 24.6 Å². The lowest BCUT2D eigenvalue weighted by molar-refractivity contribution is -0.119. The molecule has 0 unspecified atom stereocenters. The SMILES string of the molecule is O=C(CSc1nc2ccccc2nc1SCC(=O)NCCc1ccc(Cl)cc1)NCCc1ccc(Cl)cc1. The zero-order valence-electron chi connectivity index (χ0n) is 20.5. The van der Waals surface area contributed by atoms with E-state index < -0.39 is 0 Å². The standard InChI is InChI=1S/C28H26Cl2N4O2S2/c29-21-9-5-19(6-10-21)13-15-31-25(35)17-37-27-28(34-24-4-2-1-3-23(24)33-27)38-18-26(36)32-16-14-20-7-11-22(30)12-8-20/h1-12H,13-18H2,(H,31,35)(H,32,36). The smallest absolute Gasteiger partial charge is 0.230 e. The van der Waals surface area contributed by atoms with Crippen molar-refractivity contribution in [2.24, 2.45) is 0 Å². The average molecular weight is 586 g/mol. The lowest BCUT2D eigenvalue weighted by Crippen LogP contribution is -2.27. The fourth-order valence-corrected chi connectivity index (χ4v) is 5.53. The average Bonchev–Trinajstić information content (AvgIpc) is 2.92. The maximum Gasteiger partial charge on any atom is 0.230 e. The summed E-state index contributed by atoms with van der Waals surface area (Å²) in [6.07, 6.45) is 1.44. The van der Waals surface area contributed by atoms with Crippen LogP contribution in [-0.4, -0.2) is 46.4 Å². The molecule has 0 fully saturated rings. The normalized spacial score (nSPS) is 10.9. The summed E-state index contributed by atoms with van der Waals surface area (Å²) in [7, 11) is 0. The minimum absolute atomic E-state index is 0.0881. The van der Waals surface area contributed by atoms with Crippen molar-refractivity contribution < 1.29 is 9.59 Å². The number of benzene rings is 3. The van der Waals surface area contributed by atoms with Crippen molar-refractivity contribution >= 4 is 69.6 Å². The van der Waals surface area contributed by atoms with Gasteiger partial charge in [0.05, 0.1) is 22.5 Å². The van der Waals surface area contributed by atoms with Gasteiger partial charge in [-0.15, -0.1) is 0 Å². The predicted molar refractivity (Wildman–Crippen MR) is 157 cm³/mol. The Morgan fingerprint density at radius 2 is 1.03 bits per heavy atom. The molecule has 6 nitrogen and oxygen atoms in total. The van der Waals surface area contributed by atoms with Crippen molar-refractivity contribution in [1.29, 1.82) is 0 Å². The second-order valence-corrected chi connectivity index (χ2v) is 11.2. The molecular weight excluding hydrogens is 559 g/mol. The molecule has 3 aromatic carbocycles. The summed E-state index contributed by atoms with van der Waals surface area (Å²) < 4.78 is 0. The summed E-state index contributed by atoms with van der Waals surface area (Å²) in [4.78, 5) is 34.4. The summed E-state index contributed by atoms with van der Waals surface area (Å²) in [5, 5.41) is 8.54. The van der Waals surface area contributed by atoms with Crippen molar-refractivity contribution in [2.45, 2.75) is 22.9 Å². The monoisotopic (exact) mass is 584 g/mol. The molecule has 0 atom stereocenters. The Hall–Kier alpha value is -2.78. The number of thioether (sulfide) groups is 2. The molecule has 0 aliphatic rings. The number of hydrogen-bond acceptors (Lipinski definition) is 6. The summed E-state index contributed by atoms with van der Waals surface area (Å²) in [5.74, 6) is 0.229. The van der Waals surface area contributed by atoms with Crippen molar-refractivity contribution in [3.63, 3.8) is 0 Å². The quantitative estimate of drug-likeness (QED) is 0.203. The minimum Gasteiger partial charge on any atom is -0.355 e. The largest absolute Gasteiger partial charge is 0.355 e. The van der Waals surface area contributed by atoms with Crippen LogP contribution < -0.4 is 10.6 Å². The Balaban J connectivity index is 1.29. The molecule has 0 radical (unpaired) electrons. The molecule has 0 spiro atoms. The molecule has 2 amide bonds. The third-order valence-corrected chi connectivity index (χ3v) is 8.05. The maximum atomic E-state index is 12.5. The Labute approximate surface area is 240 Å². The number of hydrogen-bond donors (Lipinski definition) is 2. The van der Waals surface area contributed by atoms with Crippen LogP contribution >= 0.6 is 46.7 Å². The van der Waals surface area contributed by atoms with Crippen molar-refractivity contribution in [1.82, 2.24) is 20.6 Å². The lowest BCUT2D eigenvalue weighted by Gasteiger charge is -2.10. The number of para-hydroxylation sites is 2. The van der Waals surface area contributed by atoms with Gasteiger partial charge in [0.2, 0.25) is 11.8 Å². The number of carbonyl (C=O) groups is 2. The van der Waals surface area contributed by atoms with Crippen LogP contribution in [0.15, 0.2) is 82.8 Å². The van der Waals surface area contributed by atoms with Crippen LogP contribution in [0.3, 0.4) is 0 Å². The lowest BCUT2D eigenvalue weighted by atomic mass is 10.1. The van der Waals surface area contributed by atoms with Crippen LogP contribution in [0.2, 0.25) is 10.0 Å². The van der Waals surface area contributed by atoms with Crippen LogP contribution in [0.5, 0.6) is 0 Å². The van der Waals surface area contributed by atoms with Crippen LogP contribution in [0.4, 0.5) is 0 Å². The minimum atomic E-state index is -0.0881. The molecule has 0 saturated carbocycles. The van der Waals surface area contributed by atoms with Crippen LogP contribution in [0, 0.1) is 0 Å². The first kappa shape index (κ1) is 28.2. The summed E-state index contributed by atoms with van der Waals surface area (Å²) in [6, 6.07) is 22.7. The van der Waals surface area contributed by atoms with E-state index in [1.54, 1.807) is 0 Å². The zero-order valence-corrected chi connectivity index (χ0v) is 23.6. The highest BCUT2D eigenvalue weighted by molar-refractivity contribution is 8.02. The fraction of sp³-hybridized carbons (Fsp3) is 0.214. The number of rotatable bonds is 12. The fourth-order valence-electron chi connectivity index (χ4n) is 3.52. The molecule has 38 heavy (non-hydrogen) atoms. The molecule has 0 saturated heterocycles. The number of fused-ring (bicyclic) bond motifs is 1. The van der Waals surface area contributed by atoms with Gasteiger partial charge in [-0.3, -0.25) is 9.59 Å². The first-order chi connectivity index (χ1) is 18.5. The van der Waals surface area contributed by atoms with Gasteiger partial charge in [-0.2, -0.15) is 0 Å². The molecule has 2 N–H and O–H groups in total. The van der Waals surface area contributed by atoms with E-state index in [0.717, 1.165) is 35.0 Å². The highest BCUT2D eigenvalue weighted by atomic mass is 35.5. The molecule has 0 bridgehead atoms. The molecule has 10 heteroatoms. The second kappa shape index (κ2) is 14.4. The molecule has 4 aromatic rings. The van der Waals surface area contributed by atoms with Gasteiger partial charge in [-0.25, -0.2) is 9.97 Å². The van der Waals surface area contributed by atoms with Crippen molar-refractivity contribution in [3.05, 3.63) is 94.0 Å². The number of halogens is 2. The molecule has 0 aliphatic carbocycles. The molecule has 0 aliphatic heterocycles. The van der Waals surface area contributed by atoms with E-state index in [1.165, 1.54) is 23.5 Å². The number of aromatic nitrogens is 2. The van der Waals surface area contributed by atoms with E-state index in [-0.39, 0.29) is 23.3 Å². The van der Waals surface area contributed by atoms with Gasteiger partial charge in [0.25, 0.3) is 0 Å². The summed E-state index contributed by atoms with van der Waals surface area (Å²) in [5.41, 5.74) is 3.70. The van der Waals surface area contributed by atoms with Gasteiger partial charge in [-0.1, -0.05) is 83.1 Å². The second-order valence-electron chi connectivity index (χ2n) is 8.35. The van der Waals surface area contributed by atoms with E-state index in [4.69, 9.17) is 33.2 Å². The number of nitrogens with zero attached hydrogens (tertiary/aromatic N) is 2. The Morgan fingerprint density at radius 3 is 1.42 bits per heavy atom. The predicted octanol–water partition coefficient (Wildman–Crippen LogP) is 5.84. The Morgan fingerprint density at radius 1 is 0.632 bits per heavy atom. The Kier molecular flexibility index (Phi) is 10.7. The van der Waals surface area contributed by atoms with Gasteiger partial charge in [0.15, 0.2) is 0 Å². The first-order valence-electron chi connectivity index (χ1n) is 12.0. The molecule has 4 rings (SSSR count). The van der Waals surface area contributed by atoms with Gasteiger partial charge < -0.3 is 10.6 Å². The van der Waals surface area contributed by atoms with Crippen LogP contribution in [0.25, 0.3) is 11.0 Å². The third kappa shape index (κ3) is 8.91. The van der Waals surface area contributed by atoms with E-state index in [0.29, 0.717) is 33.2 Å². The Bertz CT molecular complexity index is 1280. The van der Waals surface area contributed by atoms with Gasteiger partial charge >= 0.3 is 0 Å². The van der Waals surface area contributed by atoms with Crippen LogP contribution in [-0.2, 0) is 22.4 Å². The highest BCUT2D eigenvalue weighted by Crippen LogP contribution is 2.29. The van der Waals surface area contributed by atoms with Crippen LogP contribution in [0.1, 0.15) is 11.1 Å². The summed E-state index contributed by atoms with van der Waals surface area (Å²) >= 11 is 14.5. The topological polar surface area (TPSA) is 84.0 Å². The number of nitrogens with one attached hydrogen (secondary N) is 2. The molecule has 1 aromatic heterocycles. The van der Waals surface area contributed by atoms with E-state index in [9.17, 15) is 9.59 Å². The van der Waals surface area contributed by atoms with E-state index in [2.05, 4.69) is 10.6 Å². The first-order valence-corrected chi connectivity index (χ1v) is 14.7. The highest BCUT2D eigenvalue weighted by Gasteiger charge is 2.14. The molecular formula is C28H26Cl2N4O2S2. The molecule has 196 valence electrons. The third-order valence-electron chi connectivity index (χ3n) is 5.49. The van der Waals surface area contributed by atoms with Gasteiger partial charge in [-0.05, 0) is 60.4 Å². The van der Waals surface area contributed by atoms with Crippen molar-refractivity contribution in [3.8, 4) is 0 Å². The maximum absolute atomic E-state index is 12.5. The van der Waals surface area contributed by atoms with Gasteiger partial charge in [0, 0.05) is 23.1 Å². The molecule has 1 heterocycles. The zero-order chi connectivity index (χ0) is 26.7. The van der Waals surface area contributed by atoms with Gasteiger partial charge in [0.1, 0.15) is 10.1 Å². The van der Waals surface area contributed by atoms with E-state index >= 15 is 0 Å². The number of carbonyl (C=O) groups excluding carboxylic acids is 2. The number of amides is 2. The van der Waals surface area contributed by atoms with E-state index in [1.807, 2.05) is 72.8 Å². The summed E-state index contributed by atoms with van der Waals surface area (Å²) in [6.45, 7) is 1.06.